The fraction of sp³-hybridized carbons (Fsp3) is 0.435. The Bertz CT molecular complexity index is 1050. The number of rotatable bonds is 3. The largest absolute Gasteiger partial charge is 0.490 e. The van der Waals surface area contributed by atoms with E-state index >= 15 is 0 Å². The van der Waals surface area contributed by atoms with Crippen molar-refractivity contribution in [2.24, 2.45) is 0 Å². The Kier molecular flexibility index (Phi) is 3.51. The zero-order chi connectivity index (χ0) is 18.7. The molecule has 0 amide bonds. The predicted octanol–water partition coefficient (Wildman–Crippen LogP) is 3.61. The summed E-state index contributed by atoms with van der Waals surface area (Å²) in [6, 6.07) is 15.3. The first-order valence-electron chi connectivity index (χ1n) is 10.3. The monoisotopic (exact) mass is 375 g/mol. The molecule has 3 aliphatic rings. The summed E-state index contributed by atoms with van der Waals surface area (Å²) in [7, 11) is 0. The molecule has 6 rings (SSSR count). The van der Waals surface area contributed by atoms with Crippen LogP contribution in [0.2, 0.25) is 0 Å². The van der Waals surface area contributed by atoms with Crippen LogP contribution < -0.4 is 9.64 Å². The highest BCUT2D eigenvalue weighted by atomic mass is 16.5. The van der Waals surface area contributed by atoms with Crippen LogP contribution in [0.1, 0.15) is 24.6 Å². The molecule has 0 N–H and O–H groups in total. The standard InChI is InChI=1S/C23H25N3O2/c1-23-15-25(11-9-18-16-5-2-3-7-19(16)28-24-18)12-10-21(23)26-13-14-27-20-8-4-6-17(23)22(20)26/h2-8,21H,9-15H2,1H3. The van der Waals surface area contributed by atoms with Crippen LogP contribution >= 0.6 is 0 Å². The van der Waals surface area contributed by atoms with Crippen molar-refractivity contribution >= 4 is 16.7 Å². The summed E-state index contributed by atoms with van der Waals surface area (Å²) in [5, 5.41) is 5.47. The van der Waals surface area contributed by atoms with Gasteiger partial charge in [-0.1, -0.05) is 36.3 Å². The van der Waals surface area contributed by atoms with E-state index in [1.54, 1.807) is 0 Å². The molecule has 2 aromatic carbocycles. The maximum absolute atomic E-state index is 5.96. The maximum atomic E-state index is 5.96. The molecule has 5 heteroatoms. The van der Waals surface area contributed by atoms with E-state index in [-0.39, 0.29) is 5.41 Å². The molecule has 0 radical (unpaired) electrons. The van der Waals surface area contributed by atoms with Crippen molar-refractivity contribution in [3.63, 3.8) is 0 Å². The highest BCUT2D eigenvalue weighted by molar-refractivity contribution is 5.79. The van der Waals surface area contributed by atoms with Gasteiger partial charge in [-0.25, -0.2) is 0 Å². The van der Waals surface area contributed by atoms with E-state index in [1.165, 1.54) is 17.7 Å². The molecule has 5 nitrogen and oxygen atoms in total. The Morgan fingerprint density at radius 3 is 3.04 bits per heavy atom. The SMILES string of the molecule is CC12CN(CCc3noc4ccccc34)CCC1N1CCOc3cccc2c31. The molecule has 0 aliphatic carbocycles. The molecular formula is C23H25N3O2. The summed E-state index contributed by atoms with van der Waals surface area (Å²) < 4.78 is 11.4. The van der Waals surface area contributed by atoms with E-state index < -0.39 is 0 Å². The van der Waals surface area contributed by atoms with Gasteiger partial charge in [0, 0.05) is 42.9 Å². The molecule has 0 saturated carbocycles. The first-order chi connectivity index (χ1) is 13.7. The lowest BCUT2D eigenvalue weighted by Gasteiger charge is -2.45. The first-order valence-corrected chi connectivity index (χ1v) is 10.3. The second kappa shape index (κ2) is 5.98. The van der Waals surface area contributed by atoms with Crippen molar-refractivity contribution in [1.29, 1.82) is 0 Å². The van der Waals surface area contributed by atoms with E-state index in [2.05, 4.69) is 52.2 Å². The van der Waals surface area contributed by atoms with Crippen LogP contribution in [0.4, 0.5) is 5.69 Å². The van der Waals surface area contributed by atoms with Crippen LogP contribution in [0.3, 0.4) is 0 Å². The van der Waals surface area contributed by atoms with Gasteiger partial charge in [0.1, 0.15) is 12.4 Å². The maximum Gasteiger partial charge on any atom is 0.167 e. The van der Waals surface area contributed by atoms with Crippen molar-refractivity contribution in [2.45, 2.75) is 31.2 Å². The zero-order valence-corrected chi connectivity index (χ0v) is 16.2. The van der Waals surface area contributed by atoms with Gasteiger partial charge in [-0.2, -0.15) is 0 Å². The quantitative estimate of drug-likeness (QED) is 0.699. The molecule has 1 fully saturated rings. The molecule has 144 valence electrons. The molecule has 28 heavy (non-hydrogen) atoms. The normalized spacial score (nSPS) is 26.2. The second-order valence-electron chi connectivity index (χ2n) is 8.57. The number of benzene rings is 2. The Labute approximate surface area is 164 Å². The molecule has 2 unspecified atom stereocenters. The average Bonchev–Trinajstić information content (AvgIpc) is 3.25. The number of hydrogen-bond donors (Lipinski definition) is 0. The third-order valence-corrected chi connectivity index (χ3v) is 6.99. The summed E-state index contributed by atoms with van der Waals surface area (Å²) >= 11 is 0. The van der Waals surface area contributed by atoms with Gasteiger partial charge < -0.3 is 19.1 Å². The molecule has 3 aromatic rings. The Balaban J connectivity index is 1.25. The molecule has 0 spiro atoms. The van der Waals surface area contributed by atoms with E-state index in [9.17, 15) is 0 Å². The minimum atomic E-state index is 0.156. The summed E-state index contributed by atoms with van der Waals surface area (Å²) in [5.74, 6) is 1.07. The van der Waals surface area contributed by atoms with Crippen molar-refractivity contribution in [3.8, 4) is 5.75 Å². The molecule has 0 bridgehead atoms. The molecular weight excluding hydrogens is 350 g/mol. The van der Waals surface area contributed by atoms with Gasteiger partial charge in [-0.15, -0.1) is 0 Å². The Morgan fingerprint density at radius 2 is 2.07 bits per heavy atom. The fourth-order valence-electron chi connectivity index (χ4n) is 5.68. The van der Waals surface area contributed by atoms with Crippen LogP contribution in [0.15, 0.2) is 47.0 Å². The smallest absolute Gasteiger partial charge is 0.167 e. The number of para-hydroxylation sites is 2. The highest BCUT2D eigenvalue weighted by Gasteiger charge is 2.52. The van der Waals surface area contributed by atoms with E-state index in [4.69, 9.17) is 9.26 Å². The van der Waals surface area contributed by atoms with Crippen molar-refractivity contribution < 1.29 is 9.26 Å². The summed E-state index contributed by atoms with van der Waals surface area (Å²) in [6.07, 6.45) is 2.13. The van der Waals surface area contributed by atoms with Gasteiger partial charge in [0.2, 0.25) is 0 Å². The van der Waals surface area contributed by atoms with Gasteiger partial charge in [0.05, 0.1) is 17.9 Å². The number of hydrogen-bond acceptors (Lipinski definition) is 5. The van der Waals surface area contributed by atoms with Gasteiger partial charge in [0.25, 0.3) is 0 Å². The minimum absolute atomic E-state index is 0.156. The van der Waals surface area contributed by atoms with E-state index in [0.29, 0.717) is 6.04 Å². The summed E-state index contributed by atoms with van der Waals surface area (Å²) in [4.78, 5) is 5.23. The van der Waals surface area contributed by atoms with Crippen LogP contribution in [0.25, 0.3) is 11.0 Å². The van der Waals surface area contributed by atoms with Gasteiger partial charge in [-0.05, 0) is 30.2 Å². The fourth-order valence-corrected chi connectivity index (χ4v) is 5.68. The molecule has 1 saturated heterocycles. The number of ether oxygens (including phenoxy) is 1. The van der Waals surface area contributed by atoms with Gasteiger partial charge >= 0.3 is 0 Å². The van der Waals surface area contributed by atoms with Crippen LogP contribution in [0, 0.1) is 0 Å². The third-order valence-electron chi connectivity index (χ3n) is 6.99. The van der Waals surface area contributed by atoms with Crippen LogP contribution in [-0.2, 0) is 11.8 Å². The molecule has 2 atom stereocenters. The van der Waals surface area contributed by atoms with E-state index in [0.717, 1.165) is 61.6 Å². The lowest BCUT2D eigenvalue weighted by atomic mass is 9.74. The average molecular weight is 375 g/mol. The number of piperidine rings is 1. The van der Waals surface area contributed by atoms with Crippen molar-refractivity contribution in [2.75, 3.05) is 37.7 Å². The Morgan fingerprint density at radius 1 is 1.14 bits per heavy atom. The summed E-state index contributed by atoms with van der Waals surface area (Å²) in [6.45, 7) is 7.49. The van der Waals surface area contributed by atoms with Crippen molar-refractivity contribution in [3.05, 3.63) is 53.7 Å². The minimum Gasteiger partial charge on any atom is -0.490 e. The van der Waals surface area contributed by atoms with Crippen molar-refractivity contribution in [1.82, 2.24) is 10.1 Å². The first kappa shape index (κ1) is 16.4. The summed E-state index contributed by atoms with van der Waals surface area (Å²) in [5.41, 5.74) is 4.93. The number of likely N-dealkylation sites (tertiary alicyclic amines) is 1. The number of fused-ring (bicyclic) bond motifs is 4. The topological polar surface area (TPSA) is 41.7 Å². The third kappa shape index (κ3) is 2.26. The Hall–Kier alpha value is -2.53. The highest BCUT2D eigenvalue weighted by Crippen LogP contribution is 2.53. The predicted molar refractivity (Wildman–Crippen MR) is 109 cm³/mol. The van der Waals surface area contributed by atoms with E-state index in [1.807, 2.05) is 12.1 Å². The lowest BCUT2D eigenvalue weighted by Crippen LogP contribution is -2.56. The molecule has 3 aliphatic heterocycles. The zero-order valence-electron chi connectivity index (χ0n) is 16.2. The lowest BCUT2D eigenvalue weighted by molar-refractivity contribution is 0.140. The van der Waals surface area contributed by atoms with Crippen LogP contribution in [-0.4, -0.2) is 48.9 Å². The molecule has 4 heterocycles. The number of anilines is 1. The van der Waals surface area contributed by atoms with Crippen LogP contribution in [0.5, 0.6) is 5.75 Å². The molecule has 1 aromatic heterocycles. The van der Waals surface area contributed by atoms with Gasteiger partial charge in [-0.3, -0.25) is 0 Å². The number of nitrogens with zero attached hydrogens (tertiary/aromatic N) is 3. The number of aromatic nitrogens is 1. The van der Waals surface area contributed by atoms with Gasteiger partial charge in [0.15, 0.2) is 5.58 Å². The second-order valence-corrected chi connectivity index (χ2v) is 8.57.